The van der Waals surface area contributed by atoms with Crippen LogP contribution in [-0.2, 0) is 37.9 Å². The monoisotopic (exact) mass is 1100 g/mol. The molecule has 0 radical (unpaired) electrons. The maximum absolute atomic E-state index is 12.2. The fourth-order valence-electron chi connectivity index (χ4n) is 15.9. The minimum Gasteiger partial charge on any atom is -0.396 e. The SMILES string of the molecule is C[C@H]1O[C@@H](O[C@H]2CC[C@@]3(C)[C@@H](CC[C@]4(C)[C@@H]3C=CC3=C5CC(C)(C)CC[C@]5(CO)[C@@H](O)C[C@]34C)[C@]2(C)CO)[C@H](O[C@@H]2O[C@H](CO)[C@@H](O)[C@H](O)[C@H]2O)[C@@H](O[C@@H]2O[C@H](CO[C@@H]3O[C@H](CO)[C@@H](O)[C@H](O)[C@H]3O)[C@@H](O)[C@H](O)[C@H]2O)[C@H]1O. The third-order valence-corrected chi connectivity index (χ3v) is 21.1. The Kier molecular flexibility index (Phi) is 17.2. The summed E-state index contributed by atoms with van der Waals surface area (Å²) < 4.78 is 48.8. The molecule has 0 unspecified atom stereocenters. The molecule has 0 amide bonds. The van der Waals surface area contributed by atoms with Gasteiger partial charge in [0.2, 0.25) is 0 Å². The fourth-order valence-corrected chi connectivity index (χ4v) is 15.9. The van der Waals surface area contributed by atoms with E-state index in [-0.39, 0.29) is 35.9 Å². The first kappa shape index (κ1) is 60.2. The van der Waals surface area contributed by atoms with Gasteiger partial charge < -0.3 is 114 Å². The number of aliphatic hydroxyl groups is 15. The van der Waals surface area contributed by atoms with Gasteiger partial charge in [-0.2, -0.15) is 0 Å². The zero-order valence-corrected chi connectivity index (χ0v) is 45.2. The van der Waals surface area contributed by atoms with E-state index in [0.29, 0.717) is 32.1 Å². The van der Waals surface area contributed by atoms with Gasteiger partial charge in [-0.15, -0.1) is 0 Å². The van der Waals surface area contributed by atoms with E-state index in [1.807, 2.05) is 6.92 Å². The Bertz CT molecular complexity index is 2130. The van der Waals surface area contributed by atoms with Gasteiger partial charge in [-0.3, -0.25) is 0 Å². The second-order valence-electron chi connectivity index (χ2n) is 25.9. The number of fused-ring (bicyclic) bond motifs is 6. The molecule has 9 rings (SSSR count). The second kappa shape index (κ2) is 22.0. The molecule has 0 spiro atoms. The van der Waals surface area contributed by atoms with Crippen molar-refractivity contribution in [2.45, 2.75) is 235 Å². The molecule has 4 heterocycles. The molecular weight excluding hydrogens is 1020 g/mol. The molecule has 77 heavy (non-hydrogen) atoms. The largest absolute Gasteiger partial charge is 0.396 e. The standard InChI is InChI=1S/C54H88O23/c1-23-33(60)43(76-47-42(69)39(66)36(63)28(74-47)20-70-45-40(67)37(64)34(61)26(18-55)72-45)44(77-46-41(68)38(65)35(62)27(19-56)73-46)48(71-23)75-32-11-12-50(4)29(51(32,5)21-57)10-13-52(6)30(50)9-8-24-25-16-49(2,3)14-15-54(25,22-58)31(59)17-53(24,52)7/h8-9,23,26-48,55-69H,10-22H2,1-7H3/t23-,26-,27-,28-,29-,30-,31+,32+,33+,34-,35-,36-,37+,38+,39+,40-,41-,42-,43+,44-,45-,46+,47+,48+,50+,51+,52-,53-,54-/m1/s1. The highest BCUT2D eigenvalue weighted by molar-refractivity contribution is 5.47. The van der Waals surface area contributed by atoms with Crippen molar-refractivity contribution >= 4 is 0 Å². The highest BCUT2D eigenvalue weighted by Crippen LogP contribution is 2.74. The second-order valence-corrected chi connectivity index (χ2v) is 25.9. The van der Waals surface area contributed by atoms with Crippen LogP contribution in [0.4, 0.5) is 0 Å². The van der Waals surface area contributed by atoms with Gasteiger partial charge in [0, 0.05) is 16.2 Å². The molecule has 23 heteroatoms. The van der Waals surface area contributed by atoms with Crippen molar-refractivity contribution in [1.29, 1.82) is 0 Å². The van der Waals surface area contributed by atoms with Crippen molar-refractivity contribution < 1.29 is 114 Å². The number of allylic oxidation sites excluding steroid dienone is 3. The minimum atomic E-state index is -2.02. The van der Waals surface area contributed by atoms with E-state index in [2.05, 4.69) is 46.8 Å². The van der Waals surface area contributed by atoms with Crippen molar-refractivity contribution in [3.63, 3.8) is 0 Å². The van der Waals surface area contributed by atoms with Crippen molar-refractivity contribution in [2.24, 2.45) is 44.3 Å². The Morgan fingerprint density at radius 1 is 0.558 bits per heavy atom. The van der Waals surface area contributed by atoms with E-state index >= 15 is 0 Å². The van der Waals surface area contributed by atoms with Gasteiger partial charge in [0.25, 0.3) is 0 Å². The maximum atomic E-state index is 12.2. The Labute approximate surface area is 448 Å². The lowest BCUT2D eigenvalue weighted by Crippen LogP contribution is -2.68. The molecule has 5 aliphatic carbocycles. The van der Waals surface area contributed by atoms with Crippen LogP contribution in [0.2, 0.25) is 0 Å². The first-order valence-corrected chi connectivity index (χ1v) is 27.7. The quantitative estimate of drug-likeness (QED) is 0.0836. The average molecular weight is 1110 g/mol. The Morgan fingerprint density at radius 3 is 1.70 bits per heavy atom. The van der Waals surface area contributed by atoms with Crippen LogP contribution in [0.5, 0.6) is 0 Å². The van der Waals surface area contributed by atoms with Crippen LogP contribution in [0.3, 0.4) is 0 Å². The molecule has 0 aromatic carbocycles. The highest BCUT2D eigenvalue weighted by Gasteiger charge is 2.69. The van der Waals surface area contributed by atoms with Crippen molar-refractivity contribution in [2.75, 3.05) is 33.0 Å². The molecule has 0 aromatic rings. The maximum Gasteiger partial charge on any atom is 0.187 e. The van der Waals surface area contributed by atoms with E-state index in [0.717, 1.165) is 24.8 Å². The van der Waals surface area contributed by atoms with Crippen LogP contribution >= 0.6 is 0 Å². The summed E-state index contributed by atoms with van der Waals surface area (Å²) >= 11 is 0. The summed E-state index contributed by atoms with van der Waals surface area (Å²) in [5, 5.41) is 164. The van der Waals surface area contributed by atoms with Crippen LogP contribution in [0.15, 0.2) is 23.3 Å². The fraction of sp³-hybridized carbons (Fsp3) is 0.926. The Hall–Kier alpha value is -1.44. The van der Waals surface area contributed by atoms with Gasteiger partial charge in [-0.05, 0) is 91.9 Å². The van der Waals surface area contributed by atoms with E-state index in [4.69, 9.17) is 37.9 Å². The number of aliphatic hydroxyl groups excluding tert-OH is 15. The van der Waals surface area contributed by atoms with Crippen LogP contribution in [-0.4, -0.2) is 245 Å². The summed E-state index contributed by atoms with van der Waals surface area (Å²) in [4.78, 5) is 0. The predicted molar refractivity (Wildman–Crippen MR) is 264 cm³/mol. The topological polar surface area (TPSA) is 377 Å². The number of hydrogen-bond donors (Lipinski definition) is 15. The van der Waals surface area contributed by atoms with E-state index in [9.17, 15) is 76.6 Å². The van der Waals surface area contributed by atoms with E-state index in [1.54, 1.807) is 0 Å². The summed E-state index contributed by atoms with van der Waals surface area (Å²) in [6, 6.07) is 0. The lowest BCUT2D eigenvalue weighted by molar-refractivity contribution is -0.399. The minimum absolute atomic E-state index is 0.00342. The van der Waals surface area contributed by atoms with Gasteiger partial charge in [0.15, 0.2) is 25.2 Å². The molecule has 442 valence electrons. The first-order valence-electron chi connectivity index (χ1n) is 27.7. The third-order valence-electron chi connectivity index (χ3n) is 21.1. The summed E-state index contributed by atoms with van der Waals surface area (Å²) in [7, 11) is 0. The lowest BCUT2D eigenvalue weighted by Gasteiger charge is -2.70. The van der Waals surface area contributed by atoms with Gasteiger partial charge in [0.05, 0.1) is 51.3 Å². The number of rotatable bonds is 13. The first-order chi connectivity index (χ1) is 36.1. The highest BCUT2D eigenvalue weighted by atomic mass is 16.8. The van der Waals surface area contributed by atoms with Gasteiger partial charge >= 0.3 is 0 Å². The molecule has 23 nitrogen and oxygen atoms in total. The molecule has 0 bridgehead atoms. The summed E-state index contributed by atoms with van der Waals surface area (Å²) in [5.41, 5.74) is -0.495. The van der Waals surface area contributed by atoms with Gasteiger partial charge in [-0.25, -0.2) is 0 Å². The Balaban J connectivity index is 1.01. The van der Waals surface area contributed by atoms with Crippen LogP contribution in [0.25, 0.3) is 0 Å². The Morgan fingerprint density at radius 2 is 1.12 bits per heavy atom. The molecule has 4 aliphatic heterocycles. The zero-order valence-electron chi connectivity index (χ0n) is 45.2. The van der Waals surface area contributed by atoms with E-state index < -0.39 is 177 Å². The predicted octanol–water partition coefficient (Wildman–Crippen LogP) is -2.67. The molecule has 3 saturated carbocycles. The molecular formula is C54H88O23. The summed E-state index contributed by atoms with van der Waals surface area (Å²) in [6.45, 7) is 12.1. The zero-order chi connectivity index (χ0) is 56.3. The summed E-state index contributed by atoms with van der Waals surface area (Å²) in [5.74, 6) is -0.175. The number of hydrogen-bond acceptors (Lipinski definition) is 23. The third kappa shape index (κ3) is 9.76. The van der Waals surface area contributed by atoms with Crippen molar-refractivity contribution in [1.82, 2.24) is 0 Å². The molecule has 29 atom stereocenters. The normalized spacial score (nSPS) is 54.7. The van der Waals surface area contributed by atoms with Crippen molar-refractivity contribution in [3.05, 3.63) is 23.3 Å². The van der Waals surface area contributed by atoms with Crippen LogP contribution in [0, 0.1) is 44.3 Å². The molecule has 0 aromatic heterocycles. The molecule has 9 aliphatic rings. The van der Waals surface area contributed by atoms with Gasteiger partial charge in [-0.1, -0.05) is 59.3 Å². The van der Waals surface area contributed by atoms with E-state index in [1.165, 1.54) is 12.5 Å². The van der Waals surface area contributed by atoms with Crippen molar-refractivity contribution in [3.8, 4) is 0 Å². The summed E-state index contributed by atoms with van der Waals surface area (Å²) in [6.07, 6.45) is -26.1. The number of ether oxygens (including phenoxy) is 8. The van der Waals surface area contributed by atoms with Crippen LogP contribution in [0.1, 0.15) is 99.8 Å². The average Bonchev–Trinajstić information content (AvgIpc) is 3.53. The van der Waals surface area contributed by atoms with Gasteiger partial charge in [0.1, 0.15) is 91.6 Å². The smallest absolute Gasteiger partial charge is 0.187 e. The van der Waals surface area contributed by atoms with Crippen LogP contribution < -0.4 is 0 Å². The lowest BCUT2D eigenvalue weighted by atomic mass is 9.35. The molecule has 4 saturated heterocycles. The molecule has 15 N–H and O–H groups in total. The molecule has 7 fully saturated rings.